The topological polar surface area (TPSA) is 38.7 Å². The van der Waals surface area contributed by atoms with Crippen molar-refractivity contribution in [3.05, 3.63) is 199 Å². The van der Waals surface area contributed by atoms with Crippen molar-refractivity contribution < 1.29 is 0 Å². The lowest BCUT2D eigenvalue weighted by Crippen LogP contribution is -2.15. The van der Waals surface area contributed by atoms with Gasteiger partial charge in [-0.25, -0.2) is 15.0 Å². The standard InChI is InChI=1S/C52H37N3/c1-52(2)47-22-10-9-21-45(47)46-30-28-42-32-41(27-29-44(42)48(46)52)39-18-11-17-38(31-39)40-19-12-20-43(33-40)51-54-49(36-15-7-4-8-16-36)53-50(55-51)37-25-23-35(24-26-37)34-13-5-3-6-14-34/h3-33H,1-2H3. The highest BCUT2D eigenvalue weighted by Gasteiger charge is 2.36. The maximum atomic E-state index is 5.06. The van der Waals surface area contributed by atoms with E-state index in [-0.39, 0.29) is 5.41 Å². The molecule has 0 amide bonds. The molecule has 1 aliphatic carbocycles. The third-order valence-corrected chi connectivity index (χ3v) is 11.1. The Hall–Kier alpha value is -6.97. The molecule has 260 valence electrons. The van der Waals surface area contributed by atoms with E-state index in [2.05, 4.69) is 166 Å². The van der Waals surface area contributed by atoms with E-state index in [0.29, 0.717) is 17.5 Å². The molecule has 1 aliphatic rings. The largest absolute Gasteiger partial charge is 0.208 e. The van der Waals surface area contributed by atoms with Crippen LogP contribution < -0.4 is 0 Å². The van der Waals surface area contributed by atoms with Gasteiger partial charge in [0.15, 0.2) is 17.5 Å². The molecule has 0 N–H and O–H groups in total. The molecule has 0 unspecified atom stereocenters. The summed E-state index contributed by atoms with van der Waals surface area (Å²) < 4.78 is 0. The van der Waals surface area contributed by atoms with Crippen LogP contribution in [-0.2, 0) is 5.41 Å². The summed E-state index contributed by atoms with van der Waals surface area (Å²) in [5.41, 5.74) is 15.3. The monoisotopic (exact) mass is 703 g/mol. The van der Waals surface area contributed by atoms with E-state index in [1.807, 2.05) is 36.4 Å². The Bertz CT molecular complexity index is 2870. The highest BCUT2D eigenvalue weighted by Crippen LogP contribution is 2.51. The minimum absolute atomic E-state index is 0.0496. The maximum Gasteiger partial charge on any atom is 0.164 e. The van der Waals surface area contributed by atoms with Crippen molar-refractivity contribution in [2.75, 3.05) is 0 Å². The summed E-state index contributed by atoms with van der Waals surface area (Å²) >= 11 is 0. The van der Waals surface area contributed by atoms with Crippen LogP contribution in [0.4, 0.5) is 0 Å². The fourth-order valence-electron chi connectivity index (χ4n) is 8.31. The van der Waals surface area contributed by atoms with Crippen LogP contribution in [0.15, 0.2) is 188 Å². The first-order valence-electron chi connectivity index (χ1n) is 18.9. The van der Waals surface area contributed by atoms with Crippen LogP contribution in [0.25, 0.3) is 89.4 Å². The molecule has 0 bridgehead atoms. The summed E-state index contributed by atoms with van der Waals surface area (Å²) in [4.78, 5) is 15.0. The van der Waals surface area contributed by atoms with Gasteiger partial charge in [-0.15, -0.1) is 0 Å². The van der Waals surface area contributed by atoms with Crippen molar-refractivity contribution in [2.24, 2.45) is 0 Å². The van der Waals surface area contributed by atoms with Gasteiger partial charge in [-0.2, -0.15) is 0 Å². The SMILES string of the molecule is CC1(C)c2ccccc2-c2ccc3cc(-c4cccc(-c5cccc(-c6nc(-c7ccccc7)nc(-c7ccc(-c8ccccc8)cc7)n6)c5)c4)ccc3c21. The highest BCUT2D eigenvalue weighted by molar-refractivity contribution is 5.99. The fraction of sp³-hybridized carbons (Fsp3) is 0.0577. The average molecular weight is 704 g/mol. The van der Waals surface area contributed by atoms with Gasteiger partial charge in [-0.3, -0.25) is 0 Å². The minimum atomic E-state index is -0.0496. The number of nitrogens with zero attached hydrogens (tertiary/aromatic N) is 3. The second-order valence-corrected chi connectivity index (χ2v) is 14.9. The lowest BCUT2D eigenvalue weighted by atomic mass is 9.80. The molecule has 55 heavy (non-hydrogen) atoms. The predicted molar refractivity (Wildman–Crippen MR) is 228 cm³/mol. The predicted octanol–water partition coefficient (Wildman–Crippen LogP) is 13.3. The van der Waals surface area contributed by atoms with E-state index in [0.717, 1.165) is 33.4 Å². The van der Waals surface area contributed by atoms with E-state index in [1.165, 1.54) is 49.7 Å². The quantitative estimate of drug-likeness (QED) is 0.173. The summed E-state index contributed by atoms with van der Waals surface area (Å²) in [6, 6.07) is 66.7. The maximum absolute atomic E-state index is 5.06. The summed E-state index contributed by atoms with van der Waals surface area (Å²) in [5, 5.41) is 2.59. The summed E-state index contributed by atoms with van der Waals surface area (Å²) in [7, 11) is 0. The summed E-state index contributed by atoms with van der Waals surface area (Å²) in [5.74, 6) is 1.93. The normalized spacial score (nSPS) is 12.7. The highest BCUT2D eigenvalue weighted by atomic mass is 15.0. The molecule has 0 saturated carbocycles. The Morgan fingerprint density at radius 2 is 0.782 bits per heavy atom. The van der Waals surface area contributed by atoms with Crippen molar-refractivity contribution in [1.29, 1.82) is 0 Å². The van der Waals surface area contributed by atoms with Crippen molar-refractivity contribution in [3.8, 4) is 78.7 Å². The lowest BCUT2D eigenvalue weighted by molar-refractivity contribution is 0.666. The van der Waals surface area contributed by atoms with Gasteiger partial charge in [0.25, 0.3) is 0 Å². The molecule has 10 rings (SSSR count). The van der Waals surface area contributed by atoms with E-state index >= 15 is 0 Å². The molecule has 0 aliphatic heterocycles. The van der Waals surface area contributed by atoms with Gasteiger partial charge in [0.2, 0.25) is 0 Å². The number of fused-ring (bicyclic) bond motifs is 5. The van der Waals surface area contributed by atoms with Crippen LogP contribution in [0.2, 0.25) is 0 Å². The molecule has 0 fully saturated rings. The summed E-state index contributed by atoms with van der Waals surface area (Å²) in [6.45, 7) is 4.71. The molecular formula is C52H37N3. The second kappa shape index (κ2) is 13.2. The summed E-state index contributed by atoms with van der Waals surface area (Å²) in [6.07, 6.45) is 0. The van der Waals surface area contributed by atoms with Crippen molar-refractivity contribution >= 4 is 10.8 Å². The Balaban J connectivity index is 1.01. The molecule has 0 saturated heterocycles. The molecule has 0 atom stereocenters. The van der Waals surface area contributed by atoms with Crippen molar-refractivity contribution in [1.82, 2.24) is 15.0 Å². The molecule has 0 spiro atoms. The van der Waals surface area contributed by atoms with Crippen LogP contribution in [0.1, 0.15) is 25.0 Å². The van der Waals surface area contributed by atoms with Crippen LogP contribution in [0, 0.1) is 0 Å². The third kappa shape index (κ3) is 5.82. The third-order valence-electron chi connectivity index (χ3n) is 11.1. The van der Waals surface area contributed by atoms with Gasteiger partial charge in [-0.05, 0) is 84.6 Å². The Labute approximate surface area is 321 Å². The smallest absolute Gasteiger partial charge is 0.164 e. The van der Waals surface area contributed by atoms with Gasteiger partial charge in [0.1, 0.15) is 0 Å². The van der Waals surface area contributed by atoms with Gasteiger partial charge >= 0.3 is 0 Å². The molecule has 0 radical (unpaired) electrons. The second-order valence-electron chi connectivity index (χ2n) is 14.9. The Morgan fingerprint density at radius 1 is 0.327 bits per heavy atom. The zero-order chi connectivity index (χ0) is 36.9. The van der Waals surface area contributed by atoms with Gasteiger partial charge < -0.3 is 0 Å². The zero-order valence-corrected chi connectivity index (χ0v) is 30.7. The molecule has 1 aromatic heterocycles. The number of hydrogen-bond donors (Lipinski definition) is 0. The van der Waals surface area contributed by atoms with Crippen LogP contribution in [0.5, 0.6) is 0 Å². The molecule has 3 heteroatoms. The molecular weight excluding hydrogens is 667 g/mol. The van der Waals surface area contributed by atoms with Crippen LogP contribution in [-0.4, -0.2) is 15.0 Å². The van der Waals surface area contributed by atoms with Crippen LogP contribution >= 0.6 is 0 Å². The number of hydrogen-bond acceptors (Lipinski definition) is 3. The molecule has 9 aromatic rings. The average Bonchev–Trinajstić information content (AvgIpc) is 3.50. The van der Waals surface area contributed by atoms with Gasteiger partial charge in [-0.1, -0.05) is 184 Å². The van der Waals surface area contributed by atoms with Gasteiger partial charge in [0, 0.05) is 22.1 Å². The Morgan fingerprint density at radius 3 is 1.45 bits per heavy atom. The van der Waals surface area contributed by atoms with Crippen molar-refractivity contribution in [3.63, 3.8) is 0 Å². The Kier molecular flexibility index (Phi) is 7.81. The zero-order valence-electron chi connectivity index (χ0n) is 30.7. The fourth-order valence-corrected chi connectivity index (χ4v) is 8.31. The number of benzene rings is 8. The van der Waals surface area contributed by atoms with Crippen LogP contribution in [0.3, 0.4) is 0 Å². The molecule has 3 nitrogen and oxygen atoms in total. The van der Waals surface area contributed by atoms with E-state index in [1.54, 1.807) is 0 Å². The minimum Gasteiger partial charge on any atom is -0.208 e. The first kappa shape index (κ1) is 32.7. The first-order valence-corrected chi connectivity index (χ1v) is 18.9. The number of rotatable bonds is 6. The van der Waals surface area contributed by atoms with E-state index < -0.39 is 0 Å². The number of aromatic nitrogens is 3. The molecule has 1 heterocycles. The lowest BCUT2D eigenvalue weighted by Gasteiger charge is -2.23. The van der Waals surface area contributed by atoms with Gasteiger partial charge in [0.05, 0.1) is 0 Å². The first-order chi connectivity index (χ1) is 27.0. The molecule has 8 aromatic carbocycles. The van der Waals surface area contributed by atoms with E-state index in [4.69, 9.17) is 15.0 Å². The van der Waals surface area contributed by atoms with E-state index in [9.17, 15) is 0 Å². The van der Waals surface area contributed by atoms with Crippen molar-refractivity contribution in [2.45, 2.75) is 19.3 Å².